The Balaban J connectivity index is 1.96. The quantitative estimate of drug-likeness (QED) is 0.728. The number of rotatable bonds is 4. The van der Waals surface area contributed by atoms with Gasteiger partial charge < -0.3 is 5.32 Å². The fourth-order valence-electron chi connectivity index (χ4n) is 1.84. The highest BCUT2D eigenvalue weighted by molar-refractivity contribution is 6.44. The van der Waals surface area contributed by atoms with Crippen molar-refractivity contribution in [3.05, 3.63) is 62.6 Å². The van der Waals surface area contributed by atoms with Gasteiger partial charge in [-0.15, -0.1) is 0 Å². The number of amides is 1. The predicted octanol–water partition coefficient (Wildman–Crippen LogP) is 5.53. The molecule has 0 saturated carbocycles. The Kier molecular flexibility index (Phi) is 5.51. The summed E-state index contributed by atoms with van der Waals surface area (Å²) < 4.78 is 0. The first kappa shape index (κ1) is 16.2. The lowest BCUT2D eigenvalue weighted by molar-refractivity contribution is -0.116. The van der Waals surface area contributed by atoms with Crippen LogP contribution in [0.5, 0.6) is 0 Å². The van der Waals surface area contributed by atoms with Crippen molar-refractivity contribution < 1.29 is 4.79 Å². The molecular formula is C16H14Cl3NO. The van der Waals surface area contributed by atoms with E-state index < -0.39 is 0 Å². The standard InChI is InChI=1S/C16H14Cl3NO/c1-10-2-4-11(5-3-10)6-7-16(21)20-15-9-13(18)12(17)8-14(15)19/h2-5,8-9H,6-7H2,1H3,(H,20,21). The Hall–Kier alpha value is -1.22. The van der Waals surface area contributed by atoms with E-state index in [0.717, 1.165) is 5.56 Å². The third-order valence-electron chi connectivity index (χ3n) is 3.05. The van der Waals surface area contributed by atoms with Crippen molar-refractivity contribution in [2.45, 2.75) is 19.8 Å². The summed E-state index contributed by atoms with van der Waals surface area (Å²) in [6, 6.07) is 11.2. The van der Waals surface area contributed by atoms with Crippen LogP contribution >= 0.6 is 34.8 Å². The molecule has 21 heavy (non-hydrogen) atoms. The highest BCUT2D eigenvalue weighted by Gasteiger charge is 2.09. The van der Waals surface area contributed by atoms with Crippen LogP contribution in [0.25, 0.3) is 0 Å². The van der Waals surface area contributed by atoms with Crippen molar-refractivity contribution in [3.8, 4) is 0 Å². The first-order chi connectivity index (χ1) is 9.95. The summed E-state index contributed by atoms with van der Waals surface area (Å²) in [5.41, 5.74) is 2.79. The Morgan fingerprint density at radius 2 is 1.62 bits per heavy atom. The number of nitrogens with one attached hydrogen (secondary N) is 1. The molecule has 2 aromatic carbocycles. The number of hydrogen-bond acceptors (Lipinski definition) is 1. The van der Waals surface area contributed by atoms with Crippen molar-refractivity contribution in [2.75, 3.05) is 5.32 Å². The second kappa shape index (κ2) is 7.17. The molecule has 0 spiro atoms. The predicted molar refractivity (Wildman–Crippen MR) is 89.6 cm³/mol. The van der Waals surface area contributed by atoms with Gasteiger partial charge in [-0.3, -0.25) is 4.79 Å². The van der Waals surface area contributed by atoms with Gasteiger partial charge in [0.2, 0.25) is 5.91 Å². The van der Waals surface area contributed by atoms with Crippen LogP contribution in [0, 0.1) is 6.92 Å². The van der Waals surface area contributed by atoms with E-state index in [0.29, 0.717) is 33.6 Å². The first-order valence-electron chi connectivity index (χ1n) is 6.45. The molecule has 0 aliphatic rings. The van der Waals surface area contributed by atoms with Crippen molar-refractivity contribution in [1.82, 2.24) is 0 Å². The number of benzene rings is 2. The molecule has 0 heterocycles. The van der Waals surface area contributed by atoms with E-state index in [1.54, 1.807) is 6.07 Å². The minimum absolute atomic E-state index is 0.115. The Labute approximate surface area is 139 Å². The minimum atomic E-state index is -0.115. The van der Waals surface area contributed by atoms with Gasteiger partial charge in [-0.25, -0.2) is 0 Å². The van der Waals surface area contributed by atoms with Crippen LogP contribution < -0.4 is 5.32 Å². The SMILES string of the molecule is Cc1ccc(CCC(=O)Nc2cc(Cl)c(Cl)cc2Cl)cc1. The summed E-state index contributed by atoms with van der Waals surface area (Å²) in [6.45, 7) is 2.03. The van der Waals surface area contributed by atoms with Gasteiger partial charge in [0.1, 0.15) is 0 Å². The topological polar surface area (TPSA) is 29.1 Å². The normalized spacial score (nSPS) is 10.5. The maximum atomic E-state index is 12.0. The molecule has 0 aromatic heterocycles. The Morgan fingerprint density at radius 1 is 1.00 bits per heavy atom. The molecule has 0 aliphatic heterocycles. The highest BCUT2D eigenvalue weighted by atomic mass is 35.5. The van der Waals surface area contributed by atoms with Crippen LogP contribution in [0.15, 0.2) is 36.4 Å². The molecule has 1 amide bonds. The van der Waals surface area contributed by atoms with Gasteiger partial charge in [-0.05, 0) is 31.0 Å². The molecule has 0 bridgehead atoms. The number of carbonyl (C=O) groups is 1. The van der Waals surface area contributed by atoms with Gasteiger partial charge in [0, 0.05) is 6.42 Å². The molecule has 110 valence electrons. The lowest BCUT2D eigenvalue weighted by Crippen LogP contribution is -2.12. The lowest BCUT2D eigenvalue weighted by Gasteiger charge is -2.09. The molecule has 0 radical (unpaired) electrons. The smallest absolute Gasteiger partial charge is 0.224 e. The highest BCUT2D eigenvalue weighted by Crippen LogP contribution is 2.32. The molecule has 0 unspecified atom stereocenters. The summed E-state index contributed by atoms with van der Waals surface area (Å²) in [5.74, 6) is -0.115. The number of anilines is 1. The largest absolute Gasteiger partial charge is 0.325 e. The average molecular weight is 343 g/mol. The van der Waals surface area contributed by atoms with Crippen LogP contribution in [-0.4, -0.2) is 5.91 Å². The van der Waals surface area contributed by atoms with Crippen molar-refractivity contribution in [1.29, 1.82) is 0 Å². The molecule has 5 heteroatoms. The van der Waals surface area contributed by atoms with E-state index in [1.807, 2.05) is 31.2 Å². The van der Waals surface area contributed by atoms with E-state index in [-0.39, 0.29) is 5.91 Å². The van der Waals surface area contributed by atoms with Gasteiger partial charge in [-0.2, -0.15) is 0 Å². The molecule has 0 aliphatic carbocycles. The number of halogens is 3. The van der Waals surface area contributed by atoms with E-state index in [1.165, 1.54) is 11.6 Å². The van der Waals surface area contributed by atoms with E-state index in [9.17, 15) is 4.79 Å². The summed E-state index contributed by atoms with van der Waals surface area (Å²) in [4.78, 5) is 12.0. The molecule has 1 N–H and O–H groups in total. The zero-order chi connectivity index (χ0) is 15.4. The molecular weight excluding hydrogens is 329 g/mol. The lowest BCUT2D eigenvalue weighted by atomic mass is 10.1. The summed E-state index contributed by atoms with van der Waals surface area (Å²) >= 11 is 17.8. The zero-order valence-electron chi connectivity index (χ0n) is 11.4. The maximum absolute atomic E-state index is 12.0. The third kappa shape index (κ3) is 4.63. The number of carbonyl (C=O) groups excluding carboxylic acids is 1. The maximum Gasteiger partial charge on any atom is 0.224 e. The van der Waals surface area contributed by atoms with Gasteiger partial charge in [-0.1, -0.05) is 64.6 Å². The Morgan fingerprint density at radius 3 is 2.29 bits per heavy atom. The van der Waals surface area contributed by atoms with E-state index in [2.05, 4.69) is 5.32 Å². The molecule has 0 fully saturated rings. The van der Waals surface area contributed by atoms with Crippen LogP contribution in [0.3, 0.4) is 0 Å². The van der Waals surface area contributed by atoms with Gasteiger partial charge in [0.25, 0.3) is 0 Å². The molecule has 2 rings (SSSR count). The average Bonchev–Trinajstić information content (AvgIpc) is 2.44. The second-order valence-corrected chi connectivity index (χ2v) is 6.00. The Bertz CT molecular complexity index is 653. The third-order valence-corrected chi connectivity index (χ3v) is 4.08. The fraction of sp³-hybridized carbons (Fsp3) is 0.188. The van der Waals surface area contributed by atoms with E-state index >= 15 is 0 Å². The number of hydrogen-bond donors (Lipinski definition) is 1. The molecule has 2 nitrogen and oxygen atoms in total. The monoisotopic (exact) mass is 341 g/mol. The van der Waals surface area contributed by atoms with Crippen molar-refractivity contribution >= 4 is 46.4 Å². The molecule has 2 aromatic rings. The van der Waals surface area contributed by atoms with Crippen LogP contribution in [-0.2, 0) is 11.2 Å². The summed E-state index contributed by atoms with van der Waals surface area (Å²) in [7, 11) is 0. The van der Waals surface area contributed by atoms with Crippen LogP contribution in [0.1, 0.15) is 17.5 Å². The van der Waals surface area contributed by atoms with Crippen molar-refractivity contribution in [3.63, 3.8) is 0 Å². The van der Waals surface area contributed by atoms with Gasteiger partial charge in [0.15, 0.2) is 0 Å². The van der Waals surface area contributed by atoms with Crippen LogP contribution in [0.2, 0.25) is 15.1 Å². The molecule has 0 atom stereocenters. The molecule has 0 saturated heterocycles. The number of aryl methyl sites for hydroxylation is 2. The second-order valence-electron chi connectivity index (χ2n) is 4.78. The van der Waals surface area contributed by atoms with E-state index in [4.69, 9.17) is 34.8 Å². The zero-order valence-corrected chi connectivity index (χ0v) is 13.7. The van der Waals surface area contributed by atoms with Crippen LogP contribution in [0.4, 0.5) is 5.69 Å². The summed E-state index contributed by atoms with van der Waals surface area (Å²) in [6.07, 6.45) is 1.05. The minimum Gasteiger partial charge on any atom is -0.325 e. The van der Waals surface area contributed by atoms with Crippen molar-refractivity contribution in [2.24, 2.45) is 0 Å². The van der Waals surface area contributed by atoms with Gasteiger partial charge >= 0.3 is 0 Å². The summed E-state index contributed by atoms with van der Waals surface area (Å²) in [5, 5.41) is 3.83. The fourth-order valence-corrected chi connectivity index (χ4v) is 2.44. The van der Waals surface area contributed by atoms with Gasteiger partial charge in [0.05, 0.1) is 20.8 Å². The first-order valence-corrected chi connectivity index (χ1v) is 7.59.